The molecule has 0 aliphatic carbocycles. The van der Waals surface area contributed by atoms with Crippen LogP contribution in [0.2, 0.25) is 5.02 Å². The second kappa shape index (κ2) is 6.54. The van der Waals surface area contributed by atoms with Gasteiger partial charge in [0.2, 0.25) is 0 Å². The van der Waals surface area contributed by atoms with Gasteiger partial charge in [-0.25, -0.2) is 0 Å². The van der Waals surface area contributed by atoms with E-state index < -0.39 is 0 Å². The molecule has 0 radical (unpaired) electrons. The summed E-state index contributed by atoms with van der Waals surface area (Å²) >= 11 is 9.21. The molecule has 0 atom stereocenters. The monoisotopic (exact) mass is 340 g/mol. The second-order valence-electron chi connectivity index (χ2n) is 3.66. The standard InChI is InChI=1S/C13H10BrClN2O2/c14-9-5-10(7-16-6-9)19-8-13(18)17-12-4-2-1-3-11(12)15/h1-7H,8H2,(H,17,18). The van der Waals surface area contributed by atoms with E-state index >= 15 is 0 Å². The van der Waals surface area contributed by atoms with Crippen LogP contribution in [0.1, 0.15) is 0 Å². The lowest BCUT2D eigenvalue weighted by Crippen LogP contribution is -2.20. The summed E-state index contributed by atoms with van der Waals surface area (Å²) in [5, 5.41) is 3.15. The van der Waals surface area contributed by atoms with Crippen molar-refractivity contribution < 1.29 is 9.53 Å². The van der Waals surface area contributed by atoms with E-state index in [1.165, 1.54) is 6.20 Å². The molecular formula is C13H10BrClN2O2. The minimum absolute atomic E-state index is 0.108. The molecule has 2 rings (SSSR count). The minimum Gasteiger partial charge on any atom is -0.482 e. The van der Waals surface area contributed by atoms with Crippen LogP contribution in [-0.4, -0.2) is 17.5 Å². The second-order valence-corrected chi connectivity index (χ2v) is 4.98. The van der Waals surface area contributed by atoms with Crippen molar-refractivity contribution >= 4 is 39.1 Å². The molecule has 1 aromatic carbocycles. The van der Waals surface area contributed by atoms with Crippen molar-refractivity contribution in [3.63, 3.8) is 0 Å². The third-order valence-corrected chi connectivity index (χ3v) is 2.96. The number of carbonyl (C=O) groups is 1. The van der Waals surface area contributed by atoms with E-state index in [4.69, 9.17) is 16.3 Å². The number of benzene rings is 1. The predicted molar refractivity (Wildman–Crippen MR) is 77.5 cm³/mol. The summed E-state index contributed by atoms with van der Waals surface area (Å²) in [6, 6.07) is 8.75. The van der Waals surface area contributed by atoms with E-state index in [0.717, 1.165) is 4.47 Å². The number of halogens is 2. The Morgan fingerprint density at radius 3 is 2.89 bits per heavy atom. The number of ether oxygens (including phenoxy) is 1. The van der Waals surface area contributed by atoms with Gasteiger partial charge in [-0.15, -0.1) is 0 Å². The molecule has 2 aromatic rings. The molecule has 0 spiro atoms. The van der Waals surface area contributed by atoms with Crippen LogP contribution in [0.15, 0.2) is 47.2 Å². The van der Waals surface area contributed by atoms with Gasteiger partial charge in [-0.3, -0.25) is 9.78 Å². The molecule has 0 aliphatic heterocycles. The van der Waals surface area contributed by atoms with Crippen molar-refractivity contribution in [2.24, 2.45) is 0 Å². The van der Waals surface area contributed by atoms with Gasteiger partial charge in [0.05, 0.1) is 16.9 Å². The van der Waals surface area contributed by atoms with Gasteiger partial charge in [-0.1, -0.05) is 23.7 Å². The molecule has 1 aromatic heterocycles. The summed E-state index contributed by atoms with van der Waals surface area (Å²) in [4.78, 5) is 15.6. The molecule has 19 heavy (non-hydrogen) atoms. The van der Waals surface area contributed by atoms with E-state index in [1.807, 2.05) is 0 Å². The Kier molecular flexibility index (Phi) is 4.76. The lowest BCUT2D eigenvalue weighted by atomic mass is 10.3. The minimum atomic E-state index is -0.284. The summed E-state index contributed by atoms with van der Waals surface area (Å²) in [6.45, 7) is -0.108. The fraction of sp³-hybridized carbons (Fsp3) is 0.0769. The molecule has 98 valence electrons. The third kappa shape index (κ3) is 4.22. The lowest BCUT2D eigenvalue weighted by Gasteiger charge is -2.08. The first-order valence-electron chi connectivity index (χ1n) is 5.43. The quantitative estimate of drug-likeness (QED) is 0.926. The number of pyridine rings is 1. The SMILES string of the molecule is O=C(COc1cncc(Br)c1)Nc1ccccc1Cl. The van der Waals surface area contributed by atoms with E-state index in [-0.39, 0.29) is 12.5 Å². The Labute approximate surface area is 123 Å². The van der Waals surface area contributed by atoms with Crippen LogP contribution in [-0.2, 0) is 4.79 Å². The summed E-state index contributed by atoms with van der Waals surface area (Å²) in [6.07, 6.45) is 3.17. The smallest absolute Gasteiger partial charge is 0.262 e. The van der Waals surface area contributed by atoms with Crippen molar-refractivity contribution in [2.45, 2.75) is 0 Å². The van der Waals surface area contributed by atoms with Crippen LogP contribution >= 0.6 is 27.5 Å². The number of anilines is 1. The lowest BCUT2D eigenvalue weighted by molar-refractivity contribution is -0.118. The highest BCUT2D eigenvalue weighted by Gasteiger charge is 2.06. The first-order valence-corrected chi connectivity index (χ1v) is 6.60. The molecular weight excluding hydrogens is 332 g/mol. The van der Waals surface area contributed by atoms with Crippen molar-refractivity contribution in [3.8, 4) is 5.75 Å². The highest BCUT2D eigenvalue weighted by molar-refractivity contribution is 9.10. The van der Waals surface area contributed by atoms with Gasteiger partial charge in [-0.2, -0.15) is 0 Å². The van der Waals surface area contributed by atoms with Crippen molar-refractivity contribution in [1.82, 2.24) is 4.98 Å². The molecule has 0 bridgehead atoms. The van der Waals surface area contributed by atoms with Gasteiger partial charge in [0.15, 0.2) is 6.61 Å². The average molecular weight is 342 g/mol. The van der Waals surface area contributed by atoms with Crippen molar-refractivity contribution in [1.29, 1.82) is 0 Å². The van der Waals surface area contributed by atoms with E-state index in [9.17, 15) is 4.79 Å². The molecule has 1 heterocycles. The predicted octanol–water partition coefficient (Wildman–Crippen LogP) is 3.52. The Morgan fingerprint density at radius 2 is 2.16 bits per heavy atom. The summed E-state index contributed by atoms with van der Waals surface area (Å²) in [7, 11) is 0. The van der Waals surface area contributed by atoms with Crippen LogP contribution in [0, 0.1) is 0 Å². The normalized spacial score (nSPS) is 10.0. The molecule has 0 aliphatic rings. The van der Waals surface area contributed by atoms with Gasteiger partial charge in [0.1, 0.15) is 5.75 Å². The Hall–Kier alpha value is -1.59. The Bertz CT molecular complexity index is 592. The number of nitrogens with zero attached hydrogens (tertiary/aromatic N) is 1. The number of nitrogens with one attached hydrogen (secondary N) is 1. The van der Waals surface area contributed by atoms with Crippen LogP contribution < -0.4 is 10.1 Å². The van der Waals surface area contributed by atoms with Crippen molar-refractivity contribution in [2.75, 3.05) is 11.9 Å². The van der Waals surface area contributed by atoms with Gasteiger partial charge in [0.25, 0.3) is 5.91 Å². The summed E-state index contributed by atoms with van der Waals surface area (Å²) in [5.74, 6) is 0.233. The van der Waals surface area contributed by atoms with E-state index in [2.05, 4.69) is 26.2 Å². The van der Waals surface area contributed by atoms with Gasteiger partial charge >= 0.3 is 0 Å². The molecule has 0 saturated carbocycles. The third-order valence-electron chi connectivity index (χ3n) is 2.20. The molecule has 0 fully saturated rings. The van der Waals surface area contributed by atoms with Crippen LogP contribution in [0.25, 0.3) is 0 Å². The maximum absolute atomic E-state index is 11.7. The largest absolute Gasteiger partial charge is 0.482 e. The molecule has 4 nitrogen and oxygen atoms in total. The highest BCUT2D eigenvalue weighted by atomic mass is 79.9. The van der Waals surface area contributed by atoms with Gasteiger partial charge < -0.3 is 10.1 Å². The fourth-order valence-corrected chi connectivity index (χ4v) is 1.90. The maximum Gasteiger partial charge on any atom is 0.262 e. The molecule has 1 amide bonds. The van der Waals surface area contributed by atoms with Crippen LogP contribution in [0.5, 0.6) is 5.75 Å². The summed E-state index contributed by atoms with van der Waals surface area (Å²) in [5.41, 5.74) is 0.560. The zero-order chi connectivity index (χ0) is 13.7. The maximum atomic E-state index is 11.7. The first-order chi connectivity index (χ1) is 9.15. The summed E-state index contributed by atoms with van der Waals surface area (Å²) < 4.78 is 6.10. The average Bonchev–Trinajstić information content (AvgIpc) is 2.39. The molecule has 1 N–H and O–H groups in total. The number of amides is 1. The zero-order valence-electron chi connectivity index (χ0n) is 9.77. The van der Waals surface area contributed by atoms with Gasteiger partial charge in [-0.05, 0) is 34.1 Å². The number of aromatic nitrogens is 1. The number of hydrogen-bond donors (Lipinski definition) is 1. The number of para-hydroxylation sites is 1. The topological polar surface area (TPSA) is 51.2 Å². The van der Waals surface area contributed by atoms with Crippen LogP contribution in [0.3, 0.4) is 0 Å². The number of rotatable bonds is 4. The first kappa shape index (κ1) is 13.8. The fourth-order valence-electron chi connectivity index (χ4n) is 1.37. The van der Waals surface area contributed by atoms with E-state index in [0.29, 0.717) is 16.5 Å². The Morgan fingerprint density at radius 1 is 1.37 bits per heavy atom. The van der Waals surface area contributed by atoms with Crippen LogP contribution in [0.4, 0.5) is 5.69 Å². The highest BCUT2D eigenvalue weighted by Crippen LogP contribution is 2.20. The van der Waals surface area contributed by atoms with Crippen molar-refractivity contribution in [3.05, 3.63) is 52.2 Å². The molecule has 0 unspecified atom stereocenters. The Balaban J connectivity index is 1.90. The molecule has 6 heteroatoms. The molecule has 0 saturated heterocycles. The van der Waals surface area contributed by atoms with E-state index in [1.54, 1.807) is 36.5 Å². The van der Waals surface area contributed by atoms with Gasteiger partial charge in [0, 0.05) is 10.7 Å². The zero-order valence-corrected chi connectivity index (χ0v) is 12.1. The number of hydrogen-bond acceptors (Lipinski definition) is 3. The number of carbonyl (C=O) groups excluding carboxylic acids is 1.